The molecule has 3 heterocycles. The molecule has 3 aromatic heterocycles. The van der Waals surface area contributed by atoms with Crippen LogP contribution in [0.1, 0.15) is 25.8 Å². The molecule has 1 unspecified atom stereocenters. The minimum atomic E-state index is -4.95. The molecule has 1 aromatic carbocycles. The van der Waals surface area contributed by atoms with Gasteiger partial charge in [0.15, 0.2) is 11.0 Å². The molecule has 4 nitrogen and oxygen atoms in total. The highest BCUT2D eigenvalue weighted by Crippen LogP contribution is 2.45. The van der Waals surface area contributed by atoms with E-state index in [1.807, 2.05) is 16.8 Å². The Morgan fingerprint density at radius 2 is 1.79 bits per heavy atom. The van der Waals surface area contributed by atoms with Gasteiger partial charge in [0.2, 0.25) is 0 Å². The van der Waals surface area contributed by atoms with Gasteiger partial charge in [-0.2, -0.15) is 24.5 Å². The molecule has 174 valence electrons. The summed E-state index contributed by atoms with van der Waals surface area (Å²) in [4.78, 5) is 12.0. The smallest absolute Gasteiger partial charge is 0.418 e. The Hall–Kier alpha value is -2.62. The first kappa shape index (κ1) is 23.5. The van der Waals surface area contributed by atoms with E-state index in [0.29, 0.717) is 15.8 Å². The predicted octanol–water partition coefficient (Wildman–Crippen LogP) is 6.16. The molecule has 9 heteroatoms. The van der Waals surface area contributed by atoms with Crippen molar-refractivity contribution in [2.75, 3.05) is 0 Å². The van der Waals surface area contributed by atoms with E-state index in [-0.39, 0.29) is 11.2 Å². The second-order valence-corrected chi connectivity index (χ2v) is 10.5. The first-order chi connectivity index (χ1) is 15.4. The maximum Gasteiger partial charge on any atom is 0.418 e. The highest BCUT2D eigenvalue weighted by atomic mass is 32.1. The van der Waals surface area contributed by atoms with Gasteiger partial charge in [-0.05, 0) is 63.4 Å². The van der Waals surface area contributed by atoms with Gasteiger partial charge in [0.1, 0.15) is 5.75 Å². The minimum Gasteiger partial charge on any atom is -0.508 e. The van der Waals surface area contributed by atoms with Gasteiger partial charge in [-0.15, -0.1) is 11.3 Å². The number of phenolic OH excluding ortho intramolecular Hbond substituents is 1. The second-order valence-electron chi connectivity index (χ2n) is 8.78. The van der Waals surface area contributed by atoms with Crippen LogP contribution < -0.4 is 5.43 Å². The van der Waals surface area contributed by atoms with Crippen molar-refractivity contribution in [1.82, 2.24) is 4.57 Å². The Balaban J connectivity index is 1.74. The van der Waals surface area contributed by atoms with E-state index in [4.69, 9.17) is 0 Å². The zero-order valence-corrected chi connectivity index (χ0v) is 19.5. The lowest BCUT2D eigenvalue weighted by molar-refractivity contribution is -0.271. The molecule has 33 heavy (non-hydrogen) atoms. The average molecular weight is 494 g/mol. The highest BCUT2D eigenvalue weighted by Gasteiger charge is 2.56. The van der Waals surface area contributed by atoms with Crippen molar-refractivity contribution in [3.8, 4) is 16.9 Å². The molecule has 0 saturated carbocycles. The van der Waals surface area contributed by atoms with Gasteiger partial charge in [0.05, 0.1) is 16.8 Å². The first-order valence-electron chi connectivity index (χ1n) is 10.1. The van der Waals surface area contributed by atoms with Gasteiger partial charge in [-0.25, -0.2) is 0 Å². The summed E-state index contributed by atoms with van der Waals surface area (Å²) in [5.41, 5.74) is -2.28. The fourth-order valence-corrected chi connectivity index (χ4v) is 5.69. The average Bonchev–Trinajstić information content (AvgIpc) is 3.41. The number of nitrogens with zero attached hydrogens (tertiary/aromatic N) is 1. The molecule has 0 aliphatic rings. The molecular weight excluding hydrogens is 471 g/mol. The van der Waals surface area contributed by atoms with E-state index in [1.165, 1.54) is 34.2 Å². The van der Waals surface area contributed by atoms with Crippen LogP contribution >= 0.6 is 22.7 Å². The van der Waals surface area contributed by atoms with Gasteiger partial charge < -0.3 is 14.8 Å². The molecule has 0 bridgehead atoms. The molecule has 2 N–H and O–H groups in total. The molecule has 1 atom stereocenters. The zero-order chi connectivity index (χ0) is 24.0. The summed E-state index contributed by atoms with van der Waals surface area (Å²) in [6, 6.07) is 9.51. The number of aliphatic hydroxyl groups is 1. The number of fused-ring (bicyclic) bond motifs is 1. The van der Waals surface area contributed by atoms with Crippen LogP contribution in [0.2, 0.25) is 0 Å². The van der Waals surface area contributed by atoms with E-state index < -0.39 is 30.2 Å². The summed E-state index contributed by atoms with van der Waals surface area (Å²) in [5.74, 6) is -0.132. The summed E-state index contributed by atoms with van der Waals surface area (Å²) in [6.45, 7) is 2.36. The van der Waals surface area contributed by atoms with Crippen molar-refractivity contribution in [2.45, 2.75) is 44.0 Å². The largest absolute Gasteiger partial charge is 0.508 e. The van der Waals surface area contributed by atoms with Gasteiger partial charge >= 0.3 is 6.18 Å². The Bertz CT molecular complexity index is 1340. The lowest BCUT2D eigenvalue weighted by Gasteiger charge is -2.38. The van der Waals surface area contributed by atoms with Gasteiger partial charge in [-0.3, -0.25) is 4.79 Å². The summed E-state index contributed by atoms with van der Waals surface area (Å²) in [6.07, 6.45) is -4.37. The number of thiophene rings is 2. The second kappa shape index (κ2) is 8.30. The van der Waals surface area contributed by atoms with Crippen molar-refractivity contribution in [3.63, 3.8) is 0 Å². The van der Waals surface area contributed by atoms with Crippen molar-refractivity contribution in [1.29, 1.82) is 0 Å². The zero-order valence-electron chi connectivity index (χ0n) is 17.9. The minimum absolute atomic E-state index is 0.132. The standard InChI is InChI=1S/C24H22F3NO3S2/c1-22(2,17-11-15(3-4-19(17)29)16-6-9-32-12-16)13-23(31,24(25,26)27)14-28-8-5-20(30)21-18(28)7-10-33-21/h3-12,29,31H,13-14H2,1-2H3. The maximum absolute atomic E-state index is 14.3. The third-order valence-corrected chi connectivity index (χ3v) is 7.46. The Labute approximate surface area is 196 Å². The summed E-state index contributed by atoms with van der Waals surface area (Å²) in [5, 5.41) is 27.0. The van der Waals surface area contributed by atoms with Crippen LogP contribution in [0.5, 0.6) is 5.75 Å². The van der Waals surface area contributed by atoms with Crippen LogP contribution in [0.25, 0.3) is 21.3 Å². The third kappa shape index (κ3) is 4.45. The number of aromatic nitrogens is 1. The number of phenols is 1. The molecule has 0 aliphatic heterocycles. The van der Waals surface area contributed by atoms with Crippen LogP contribution in [-0.4, -0.2) is 26.6 Å². The van der Waals surface area contributed by atoms with Crippen LogP contribution in [0.15, 0.2) is 63.5 Å². The molecule has 0 saturated heterocycles. The normalized spacial score (nSPS) is 14.5. The first-order valence-corrected chi connectivity index (χ1v) is 12.0. The van der Waals surface area contributed by atoms with E-state index >= 15 is 0 Å². The highest BCUT2D eigenvalue weighted by molar-refractivity contribution is 7.17. The van der Waals surface area contributed by atoms with E-state index in [0.717, 1.165) is 22.5 Å². The Morgan fingerprint density at radius 3 is 2.45 bits per heavy atom. The summed E-state index contributed by atoms with van der Waals surface area (Å²) in [7, 11) is 0. The maximum atomic E-state index is 14.3. The van der Waals surface area contributed by atoms with Gasteiger partial charge in [-0.1, -0.05) is 19.9 Å². The molecule has 0 aliphatic carbocycles. The van der Waals surface area contributed by atoms with E-state index in [9.17, 15) is 28.2 Å². The number of halogens is 3. The number of aromatic hydroxyl groups is 1. The van der Waals surface area contributed by atoms with Crippen molar-refractivity contribution in [3.05, 3.63) is 74.5 Å². The molecule has 0 amide bonds. The number of alkyl halides is 3. The topological polar surface area (TPSA) is 62.5 Å². The van der Waals surface area contributed by atoms with E-state index in [2.05, 4.69) is 0 Å². The van der Waals surface area contributed by atoms with Crippen molar-refractivity contribution < 1.29 is 23.4 Å². The summed E-state index contributed by atoms with van der Waals surface area (Å²) >= 11 is 2.64. The van der Waals surface area contributed by atoms with Gasteiger partial charge in [0, 0.05) is 17.8 Å². The van der Waals surface area contributed by atoms with Crippen LogP contribution in [0.3, 0.4) is 0 Å². The van der Waals surface area contributed by atoms with Crippen LogP contribution in [0, 0.1) is 0 Å². The molecule has 4 aromatic rings. The monoisotopic (exact) mass is 493 g/mol. The molecule has 0 radical (unpaired) electrons. The SMILES string of the molecule is CC(C)(CC(O)(Cn1ccc(=O)c2sccc21)C(F)(F)F)c1cc(-c2ccsc2)ccc1O. The fourth-order valence-electron chi connectivity index (χ4n) is 4.20. The lowest BCUT2D eigenvalue weighted by atomic mass is 9.74. The molecule has 0 fully saturated rings. The van der Waals surface area contributed by atoms with Crippen molar-refractivity contribution >= 4 is 32.9 Å². The molecule has 0 spiro atoms. The van der Waals surface area contributed by atoms with Gasteiger partial charge in [0.25, 0.3) is 0 Å². The fraction of sp³-hybridized carbons (Fsp3) is 0.292. The summed E-state index contributed by atoms with van der Waals surface area (Å²) < 4.78 is 44.4. The number of rotatable bonds is 6. The van der Waals surface area contributed by atoms with Crippen molar-refractivity contribution in [2.24, 2.45) is 0 Å². The Kier molecular flexibility index (Phi) is 5.92. The number of benzene rings is 1. The third-order valence-electron chi connectivity index (χ3n) is 5.86. The molecular formula is C24H22F3NO3S2. The number of hydrogen-bond acceptors (Lipinski definition) is 5. The number of hydrogen-bond donors (Lipinski definition) is 2. The number of pyridine rings is 1. The van der Waals surface area contributed by atoms with Crippen LogP contribution in [-0.2, 0) is 12.0 Å². The Morgan fingerprint density at radius 1 is 1.03 bits per heavy atom. The molecule has 4 rings (SSSR count). The quantitative estimate of drug-likeness (QED) is 0.338. The van der Waals surface area contributed by atoms with Crippen LogP contribution in [0.4, 0.5) is 13.2 Å². The lowest BCUT2D eigenvalue weighted by Crippen LogP contribution is -2.52. The van der Waals surface area contributed by atoms with E-state index in [1.54, 1.807) is 37.4 Å². The predicted molar refractivity (Wildman–Crippen MR) is 126 cm³/mol.